The summed E-state index contributed by atoms with van der Waals surface area (Å²) in [5.41, 5.74) is 2.05. The first-order chi connectivity index (χ1) is 17.2. The molecule has 0 saturated heterocycles. The van der Waals surface area contributed by atoms with Gasteiger partial charge in [0.2, 0.25) is 0 Å². The molecule has 0 aliphatic carbocycles. The Kier molecular flexibility index (Phi) is 7.64. The lowest BCUT2D eigenvalue weighted by Crippen LogP contribution is -2.24. The van der Waals surface area contributed by atoms with Crippen molar-refractivity contribution in [3.63, 3.8) is 0 Å². The molecule has 0 aliphatic heterocycles. The zero-order valence-electron chi connectivity index (χ0n) is 19.5. The zero-order chi connectivity index (χ0) is 25.7. The highest BCUT2D eigenvalue weighted by atomic mass is 32.2. The van der Waals surface area contributed by atoms with Crippen LogP contribution in [0.3, 0.4) is 0 Å². The third kappa shape index (κ3) is 6.06. The molecular formula is C26H23F3N4O2S. The molecule has 4 rings (SSSR count). The number of amides is 1. The molecule has 1 heterocycles. The van der Waals surface area contributed by atoms with E-state index < -0.39 is 11.7 Å². The number of alkyl halides is 3. The summed E-state index contributed by atoms with van der Waals surface area (Å²) in [5, 5.41) is 11.6. The molecule has 0 spiro atoms. The number of thioether (sulfide) groups is 1. The highest BCUT2D eigenvalue weighted by Gasteiger charge is 2.31. The number of carbonyl (C=O) groups is 1. The summed E-state index contributed by atoms with van der Waals surface area (Å²) >= 11 is 1.35. The van der Waals surface area contributed by atoms with Crippen molar-refractivity contribution < 1.29 is 22.7 Å². The molecule has 1 aromatic heterocycles. The SMILES string of the molecule is COc1ccc(C(=O)NCc2nnc(SCc3cccc(C)c3)n2-c2cccc(C(F)(F)F)c2)cc1. The second-order valence-corrected chi connectivity index (χ2v) is 8.91. The fourth-order valence-corrected chi connectivity index (χ4v) is 4.46. The molecule has 6 nitrogen and oxygen atoms in total. The maximum absolute atomic E-state index is 13.4. The standard InChI is InChI=1S/C26H23F3N4O2S/c1-17-5-3-6-18(13-17)16-36-25-32-31-23(15-30-24(34)19-9-11-22(35-2)12-10-19)33(25)21-8-4-7-20(14-21)26(27,28)29/h3-14H,15-16H2,1-2H3,(H,30,34). The number of aryl methyl sites for hydroxylation is 1. The number of carbonyl (C=O) groups excluding carboxylic acids is 1. The van der Waals surface area contributed by atoms with E-state index in [0.29, 0.717) is 28.0 Å². The van der Waals surface area contributed by atoms with E-state index in [1.807, 2.05) is 31.2 Å². The maximum atomic E-state index is 13.4. The Bertz CT molecular complexity index is 1350. The lowest BCUT2D eigenvalue weighted by atomic mass is 10.2. The summed E-state index contributed by atoms with van der Waals surface area (Å²) in [6, 6.07) is 19.5. The normalized spacial score (nSPS) is 11.4. The number of hydrogen-bond donors (Lipinski definition) is 1. The summed E-state index contributed by atoms with van der Waals surface area (Å²) in [6.45, 7) is 1.96. The summed E-state index contributed by atoms with van der Waals surface area (Å²) in [5.74, 6) is 1.12. The zero-order valence-corrected chi connectivity index (χ0v) is 20.4. The minimum absolute atomic E-state index is 0.0287. The highest BCUT2D eigenvalue weighted by molar-refractivity contribution is 7.98. The van der Waals surface area contributed by atoms with E-state index in [1.165, 1.54) is 24.9 Å². The third-order valence-corrected chi connectivity index (χ3v) is 6.34. The maximum Gasteiger partial charge on any atom is 0.416 e. The minimum atomic E-state index is -4.50. The van der Waals surface area contributed by atoms with Gasteiger partial charge in [-0.1, -0.05) is 47.7 Å². The van der Waals surface area contributed by atoms with Crippen LogP contribution in [0.1, 0.15) is 32.9 Å². The Morgan fingerprint density at radius 2 is 1.78 bits per heavy atom. The fourth-order valence-electron chi connectivity index (χ4n) is 3.54. The van der Waals surface area contributed by atoms with Crippen molar-refractivity contribution in [3.05, 3.63) is 101 Å². The van der Waals surface area contributed by atoms with Crippen molar-refractivity contribution in [2.24, 2.45) is 0 Å². The number of halogens is 3. The van der Waals surface area contributed by atoms with E-state index in [2.05, 4.69) is 15.5 Å². The molecule has 1 N–H and O–H groups in total. The molecule has 36 heavy (non-hydrogen) atoms. The topological polar surface area (TPSA) is 69.0 Å². The van der Waals surface area contributed by atoms with E-state index in [-0.39, 0.29) is 18.1 Å². The number of ether oxygens (including phenoxy) is 1. The predicted molar refractivity (Wildman–Crippen MR) is 131 cm³/mol. The molecule has 0 aliphatic rings. The first-order valence-corrected chi connectivity index (χ1v) is 12.0. The van der Waals surface area contributed by atoms with E-state index in [0.717, 1.165) is 23.3 Å². The van der Waals surface area contributed by atoms with Gasteiger partial charge in [-0.25, -0.2) is 0 Å². The Morgan fingerprint density at radius 3 is 2.47 bits per heavy atom. The molecule has 1 amide bonds. The quantitative estimate of drug-likeness (QED) is 0.301. The van der Waals surface area contributed by atoms with Crippen LogP contribution in [0.25, 0.3) is 5.69 Å². The van der Waals surface area contributed by atoms with Crippen molar-refractivity contribution in [3.8, 4) is 11.4 Å². The van der Waals surface area contributed by atoms with Gasteiger partial charge in [-0.2, -0.15) is 13.2 Å². The molecule has 0 radical (unpaired) electrons. The number of nitrogens with one attached hydrogen (secondary N) is 1. The number of aromatic nitrogens is 3. The molecule has 10 heteroatoms. The molecule has 0 fully saturated rings. The third-order valence-electron chi connectivity index (χ3n) is 5.34. The van der Waals surface area contributed by atoms with Crippen LogP contribution in [0, 0.1) is 6.92 Å². The molecule has 0 bridgehead atoms. The van der Waals surface area contributed by atoms with Gasteiger partial charge in [0.25, 0.3) is 5.91 Å². The Morgan fingerprint density at radius 1 is 1.03 bits per heavy atom. The van der Waals surface area contributed by atoms with Crippen LogP contribution in [-0.4, -0.2) is 27.8 Å². The Labute approximate surface area is 210 Å². The average molecular weight is 513 g/mol. The fraction of sp³-hybridized carbons (Fsp3) is 0.192. The van der Waals surface area contributed by atoms with E-state index >= 15 is 0 Å². The highest BCUT2D eigenvalue weighted by Crippen LogP contribution is 2.32. The van der Waals surface area contributed by atoms with Gasteiger partial charge in [-0.05, 0) is 55.0 Å². The van der Waals surface area contributed by atoms with Gasteiger partial charge in [0.05, 0.1) is 24.9 Å². The molecule has 0 atom stereocenters. The molecule has 0 unspecified atom stereocenters. The molecule has 4 aromatic rings. The van der Waals surface area contributed by atoms with E-state index in [4.69, 9.17) is 4.74 Å². The van der Waals surface area contributed by atoms with Crippen LogP contribution in [0.15, 0.2) is 78.0 Å². The van der Waals surface area contributed by atoms with Crippen LogP contribution in [0.2, 0.25) is 0 Å². The van der Waals surface area contributed by atoms with Crippen molar-refractivity contribution in [1.82, 2.24) is 20.1 Å². The first-order valence-electron chi connectivity index (χ1n) is 11.0. The van der Waals surface area contributed by atoms with Gasteiger partial charge in [0.15, 0.2) is 11.0 Å². The number of nitrogens with zero attached hydrogens (tertiary/aromatic N) is 3. The van der Waals surface area contributed by atoms with Crippen molar-refractivity contribution >= 4 is 17.7 Å². The number of benzene rings is 3. The predicted octanol–water partition coefficient (Wildman–Crippen LogP) is 5.83. The second-order valence-electron chi connectivity index (χ2n) is 7.97. The van der Waals surface area contributed by atoms with Crippen molar-refractivity contribution in [2.75, 3.05) is 7.11 Å². The number of rotatable bonds is 8. The first kappa shape index (κ1) is 25.3. The van der Waals surface area contributed by atoms with E-state index in [1.54, 1.807) is 34.9 Å². The van der Waals surface area contributed by atoms with Gasteiger partial charge in [-0.15, -0.1) is 10.2 Å². The molecule has 186 valence electrons. The van der Waals surface area contributed by atoms with Gasteiger partial charge >= 0.3 is 6.18 Å². The Balaban J connectivity index is 1.61. The van der Waals surface area contributed by atoms with Crippen LogP contribution in [-0.2, 0) is 18.5 Å². The lowest BCUT2D eigenvalue weighted by Gasteiger charge is -2.14. The molecule has 3 aromatic carbocycles. The van der Waals surface area contributed by atoms with Crippen LogP contribution in [0.5, 0.6) is 5.75 Å². The smallest absolute Gasteiger partial charge is 0.416 e. The Hall–Kier alpha value is -3.79. The van der Waals surface area contributed by atoms with Gasteiger partial charge in [-0.3, -0.25) is 9.36 Å². The molecule has 0 saturated carbocycles. The van der Waals surface area contributed by atoms with Crippen molar-refractivity contribution in [1.29, 1.82) is 0 Å². The number of hydrogen-bond acceptors (Lipinski definition) is 5. The van der Waals surface area contributed by atoms with Gasteiger partial charge in [0, 0.05) is 11.3 Å². The second kappa shape index (κ2) is 10.9. The van der Waals surface area contributed by atoms with Crippen molar-refractivity contribution in [2.45, 2.75) is 30.6 Å². The summed E-state index contributed by atoms with van der Waals surface area (Å²) in [4.78, 5) is 12.6. The summed E-state index contributed by atoms with van der Waals surface area (Å²) in [7, 11) is 1.53. The van der Waals surface area contributed by atoms with Gasteiger partial charge < -0.3 is 10.1 Å². The summed E-state index contributed by atoms with van der Waals surface area (Å²) < 4.78 is 46.9. The number of methoxy groups -OCH3 is 1. The van der Waals surface area contributed by atoms with E-state index in [9.17, 15) is 18.0 Å². The minimum Gasteiger partial charge on any atom is -0.497 e. The van der Waals surface area contributed by atoms with Gasteiger partial charge in [0.1, 0.15) is 5.75 Å². The average Bonchev–Trinajstić information content (AvgIpc) is 3.28. The van der Waals surface area contributed by atoms with Crippen LogP contribution >= 0.6 is 11.8 Å². The summed E-state index contributed by atoms with van der Waals surface area (Å²) in [6.07, 6.45) is -4.50. The monoisotopic (exact) mass is 512 g/mol. The largest absolute Gasteiger partial charge is 0.497 e. The molecular weight excluding hydrogens is 489 g/mol. The van der Waals surface area contributed by atoms with Crippen LogP contribution < -0.4 is 10.1 Å². The lowest BCUT2D eigenvalue weighted by molar-refractivity contribution is -0.137. The van der Waals surface area contributed by atoms with Crippen LogP contribution in [0.4, 0.5) is 13.2 Å².